The largest absolute Gasteiger partial charge is 0.503 e. The van der Waals surface area contributed by atoms with Crippen molar-refractivity contribution in [2.24, 2.45) is 0 Å². The van der Waals surface area contributed by atoms with Crippen LogP contribution in [0.25, 0.3) is 0 Å². The first-order valence-corrected chi connectivity index (χ1v) is 9.51. The molecule has 1 aromatic carbocycles. The van der Waals surface area contributed by atoms with Crippen molar-refractivity contribution in [3.8, 4) is 11.5 Å². The Morgan fingerprint density at radius 2 is 2.04 bits per heavy atom. The molecule has 2 N–H and O–H groups in total. The molecule has 0 unspecified atom stereocenters. The summed E-state index contributed by atoms with van der Waals surface area (Å²) < 4.78 is 6.28. The monoisotopic (exact) mass is 468 g/mol. The molecule has 0 spiro atoms. The van der Waals surface area contributed by atoms with Gasteiger partial charge in [-0.2, -0.15) is 0 Å². The van der Waals surface area contributed by atoms with E-state index in [0.29, 0.717) is 16.8 Å². The van der Waals surface area contributed by atoms with Crippen LogP contribution in [0.3, 0.4) is 0 Å². The fourth-order valence-corrected chi connectivity index (χ4v) is 4.30. The second-order valence-electron chi connectivity index (χ2n) is 5.49. The third-order valence-electron chi connectivity index (χ3n) is 4.00. The van der Waals surface area contributed by atoms with Crippen molar-refractivity contribution in [2.45, 2.75) is 13.0 Å². The molecule has 1 aromatic heterocycles. The quantitative estimate of drug-likeness (QED) is 0.678. The number of halogens is 3. The number of nitrogens with zero attached hydrogens (tertiary/aromatic N) is 1. The molecule has 0 radical (unpaired) electrons. The summed E-state index contributed by atoms with van der Waals surface area (Å²) in [5.74, 6) is 0.703. The Kier molecular flexibility index (Phi) is 9.56. The van der Waals surface area contributed by atoms with E-state index in [0.717, 1.165) is 31.7 Å². The second kappa shape index (κ2) is 10.6. The fraction of sp³-hybridized carbons (Fsp3) is 0.412. The third-order valence-corrected chi connectivity index (χ3v) is 5.52. The molecular formula is C17H23BrCl2N2O2S. The van der Waals surface area contributed by atoms with Crippen LogP contribution in [0, 0.1) is 0 Å². The molecule has 2 heterocycles. The number of benzene rings is 1. The molecule has 25 heavy (non-hydrogen) atoms. The zero-order valence-electron chi connectivity index (χ0n) is 13.9. The number of ether oxygens (including phenoxy) is 1. The molecule has 8 heteroatoms. The van der Waals surface area contributed by atoms with E-state index >= 15 is 0 Å². The summed E-state index contributed by atoms with van der Waals surface area (Å²) in [6.45, 7) is 6.46. The summed E-state index contributed by atoms with van der Waals surface area (Å²) in [6.07, 6.45) is 0. The van der Waals surface area contributed by atoms with Crippen LogP contribution < -0.4 is 10.1 Å². The van der Waals surface area contributed by atoms with Crippen LogP contribution in [0.15, 0.2) is 34.1 Å². The van der Waals surface area contributed by atoms with Gasteiger partial charge in [0.1, 0.15) is 0 Å². The Morgan fingerprint density at radius 1 is 1.32 bits per heavy atom. The van der Waals surface area contributed by atoms with E-state index in [4.69, 9.17) is 4.74 Å². The molecule has 1 saturated heterocycles. The molecule has 140 valence electrons. The highest BCUT2D eigenvalue weighted by atomic mass is 79.9. The molecule has 0 saturated carbocycles. The topological polar surface area (TPSA) is 44.7 Å². The first-order chi connectivity index (χ1) is 11.2. The number of thiophene rings is 1. The van der Waals surface area contributed by atoms with Crippen LogP contribution in [0.2, 0.25) is 0 Å². The van der Waals surface area contributed by atoms with E-state index in [2.05, 4.69) is 43.7 Å². The second-order valence-corrected chi connectivity index (χ2v) is 7.32. The average molecular weight is 470 g/mol. The van der Waals surface area contributed by atoms with E-state index in [-0.39, 0.29) is 36.6 Å². The highest BCUT2D eigenvalue weighted by Crippen LogP contribution is 2.41. The zero-order valence-corrected chi connectivity index (χ0v) is 17.9. The predicted octanol–water partition coefficient (Wildman–Crippen LogP) is 4.45. The van der Waals surface area contributed by atoms with Crippen molar-refractivity contribution >= 4 is 52.1 Å². The summed E-state index contributed by atoms with van der Waals surface area (Å²) in [5.41, 5.74) is 1.14. The third kappa shape index (κ3) is 5.25. The van der Waals surface area contributed by atoms with Gasteiger partial charge < -0.3 is 15.2 Å². The number of piperazine rings is 1. The number of nitrogens with one attached hydrogen (secondary N) is 1. The number of rotatable bonds is 5. The van der Waals surface area contributed by atoms with Crippen LogP contribution in [0.1, 0.15) is 23.4 Å². The number of aromatic hydroxyl groups is 1. The van der Waals surface area contributed by atoms with E-state index in [1.807, 2.05) is 19.1 Å². The van der Waals surface area contributed by atoms with Crippen molar-refractivity contribution in [1.29, 1.82) is 0 Å². The minimum Gasteiger partial charge on any atom is -0.503 e. The lowest BCUT2D eigenvalue weighted by atomic mass is 10.0. The molecule has 1 atom stereocenters. The fourth-order valence-electron chi connectivity index (χ4n) is 2.96. The minimum absolute atomic E-state index is 0. The summed E-state index contributed by atoms with van der Waals surface area (Å²) in [4.78, 5) is 3.79. The highest BCUT2D eigenvalue weighted by Gasteiger charge is 2.26. The van der Waals surface area contributed by atoms with E-state index < -0.39 is 0 Å². The Hall–Kier alpha value is -0.500. The summed E-state index contributed by atoms with van der Waals surface area (Å²) >= 11 is 5.23. The van der Waals surface area contributed by atoms with Gasteiger partial charge in [-0.1, -0.05) is 6.07 Å². The van der Waals surface area contributed by atoms with Crippen LogP contribution in [-0.4, -0.2) is 42.8 Å². The van der Waals surface area contributed by atoms with Crippen molar-refractivity contribution in [3.05, 3.63) is 44.6 Å². The molecule has 2 aromatic rings. The lowest BCUT2D eigenvalue weighted by Gasteiger charge is -2.35. The van der Waals surface area contributed by atoms with Gasteiger partial charge in [-0.05, 0) is 52.0 Å². The van der Waals surface area contributed by atoms with Gasteiger partial charge in [0.15, 0.2) is 11.5 Å². The SMILES string of the molecule is CCOc1cc([C@@H](c2cccs2)N2CCNCC2)cc(Br)c1O.Cl.Cl. The van der Waals surface area contributed by atoms with Crippen LogP contribution in [0.5, 0.6) is 11.5 Å². The highest BCUT2D eigenvalue weighted by molar-refractivity contribution is 9.10. The van der Waals surface area contributed by atoms with Gasteiger partial charge in [-0.25, -0.2) is 0 Å². The number of hydrogen-bond acceptors (Lipinski definition) is 5. The molecule has 0 aliphatic carbocycles. The van der Waals surface area contributed by atoms with Crippen LogP contribution >= 0.6 is 52.1 Å². The van der Waals surface area contributed by atoms with E-state index in [1.54, 1.807) is 11.3 Å². The molecule has 0 bridgehead atoms. The Labute approximate surface area is 173 Å². The maximum Gasteiger partial charge on any atom is 0.172 e. The molecule has 1 fully saturated rings. The first kappa shape index (κ1) is 22.5. The van der Waals surface area contributed by atoms with E-state index in [1.165, 1.54) is 4.88 Å². The molecule has 0 amide bonds. The van der Waals surface area contributed by atoms with E-state index in [9.17, 15) is 5.11 Å². The van der Waals surface area contributed by atoms with Gasteiger partial charge in [0.2, 0.25) is 0 Å². The van der Waals surface area contributed by atoms with Gasteiger partial charge >= 0.3 is 0 Å². The maximum atomic E-state index is 10.2. The van der Waals surface area contributed by atoms with Gasteiger partial charge in [-0.3, -0.25) is 4.90 Å². The maximum absolute atomic E-state index is 10.2. The predicted molar refractivity (Wildman–Crippen MR) is 112 cm³/mol. The lowest BCUT2D eigenvalue weighted by Crippen LogP contribution is -2.45. The smallest absolute Gasteiger partial charge is 0.172 e. The Bertz CT molecular complexity index is 652. The van der Waals surface area contributed by atoms with Crippen LogP contribution in [0.4, 0.5) is 0 Å². The number of phenols is 1. The van der Waals surface area contributed by atoms with Crippen LogP contribution in [-0.2, 0) is 0 Å². The van der Waals surface area contributed by atoms with Gasteiger partial charge in [0.05, 0.1) is 17.1 Å². The standard InChI is InChI=1S/C17H21BrN2O2S.2ClH/c1-2-22-14-11-12(10-13(18)17(14)21)16(15-4-3-9-23-15)20-7-5-19-6-8-20;;/h3-4,9-11,16,19,21H,2,5-8H2,1H3;2*1H/t16-;;/m0../s1. The minimum atomic E-state index is 0. The summed E-state index contributed by atoms with van der Waals surface area (Å²) in [7, 11) is 0. The molecule has 1 aliphatic heterocycles. The lowest BCUT2D eigenvalue weighted by molar-refractivity contribution is 0.200. The summed E-state index contributed by atoms with van der Waals surface area (Å²) in [5, 5.41) is 15.7. The van der Waals surface area contributed by atoms with Gasteiger partial charge in [0.25, 0.3) is 0 Å². The summed E-state index contributed by atoms with van der Waals surface area (Å²) in [6, 6.07) is 8.43. The Morgan fingerprint density at radius 3 is 2.64 bits per heavy atom. The number of phenolic OH excluding ortho intramolecular Hbond substituents is 1. The molecule has 3 rings (SSSR count). The first-order valence-electron chi connectivity index (χ1n) is 7.84. The average Bonchev–Trinajstić information content (AvgIpc) is 3.08. The van der Waals surface area contributed by atoms with Crippen molar-refractivity contribution < 1.29 is 9.84 Å². The van der Waals surface area contributed by atoms with Gasteiger partial charge in [-0.15, -0.1) is 36.2 Å². The van der Waals surface area contributed by atoms with Crippen molar-refractivity contribution in [2.75, 3.05) is 32.8 Å². The Balaban J connectivity index is 0.00000156. The molecule has 1 aliphatic rings. The van der Waals surface area contributed by atoms with Gasteiger partial charge in [0, 0.05) is 31.1 Å². The molecule has 4 nitrogen and oxygen atoms in total. The number of hydrogen-bond donors (Lipinski definition) is 2. The molecular weight excluding hydrogens is 447 g/mol. The normalized spacial score (nSPS) is 15.8. The zero-order chi connectivity index (χ0) is 16.2. The van der Waals surface area contributed by atoms with Crippen molar-refractivity contribution in [3.63, 3.8) is 0 Å². The van der Waals surface area contributed by atoms with Crippen molar-refractivity contribution in [1.82, 2.24) is 10.2 Å².